The van der Waals surface area contributed by atoms with Crippen LogP contribution in [0.15, 0.2) is 28.7 Å². The molecule has 0 aliphatic carbocycles. The van der Waals surface area contributed by atoms with E-state index in [-0.39, 0.29) is 11.1 Å². The predicted octanol–water partition coefficient (Wildman–Crippen LogP) is 6.24. The molecule has 1 aromatic carbocycles. The van der Waals surface area contributed by atoms with Gasteiger partial charge in [-0.3, -0.25) is 0 Å². The van der Waals surface area contributed by atoms with Gasteiger partial charge in [0.25, 0.3) is 10.0 Å². The van der Waals surface area contributed by atoms with E-state index < -0.39 is 89.0 Å². The maximum atomic E-state index is 13.7. The van der Waals surface area contributed by atoms with Crippen molar-refractivity contribution in [3.63, 3.8) is 0 Å². The van der Waals surface area contributed by atoms with Crippen LogP contribution in [-0.4, -0.2) is 62.0 Å². The van der Waals surface area contributed by atoms with Crippen LogP contribution in [0.3, 0.4) is 0 Å². The highest BCUT2D eigenvalue weighted by atomic mass is 32.2. The van der Waals surface area contributed by atoms with Crippen molar-refractivity contribution in [1.82, 2.24) is 5.32 Å². The van der Waals surface area contributed by atoms with Gasteiger partial charge in [0.1, 0.15) is 17.2 Å². The van der Waals surface area contributed by atoms with Crippen LogP contribution in [0.4, 0.5) is 31.1 Å². The summed E-state index contributed by atoms with van der Waals surface area (Å²) in [6, 6.07) is 2.92. The van der Waals surface area contributed by atoms with Gasteiger partial charge in [0.05, 0.1) is 11.7 Å². The van der Waals surface area contributed by atoms with E-state index in [0.29, 0.717) is 0 Å². The number of hydrogen-bond acceptors (Lipinski definition) is 6. The number of alkyl carbamates (subject to hydrolysis) is 1. The molecule has 1 amide bonds. The van der Waals surface area contributed by atoms with E-state index in [2.05, 4.69) is 9.71 Å². The number of hydrogen-bond donors (Lipinski definition) is 1. The van der Waals surface area contributed by atoms with Gasteiger partial charge in [0.15, 0.2) is 0 Å². The molecule has 0 fully saturated rings. The van der Waals surface area contributed by atoms with Crippen LogP contribution in [0.5, 0.6) is 0 Å². The number of rotatable bonds is 11. The van der Waals surface area contributed by atoms with Crippen molar-refractivity contribution in [2.75, 3.05) is 5.75 Å². The van der Waals surface area contributed by atoms with E-state index in [0.717, 1.165) is 30.5 Å². The summed E-state index contributed by atoms with van der Waals surface area (Å²) < 4.78 is 117. The molecule has 1 N–H and O–H groups in total. The molecule has 0 aliphatic heterocycles. The molecule has 0 bridgehead atoms. The molecule has 0 aliphatic rings. The van der Waals surface area contributed by atoms with Gasteiger partial charge >= 0.3 is 24.4 Å². The van der Waals surface area contributed by atoms with Gasteiger partial charge in [-0.05, 0) is 65.5 Å². The van der Waals surface area contributed by atoms with Gasteiger partial charge in [0, 0.05) is 19.1 Å². The third kappa shape index (κ3) is 15.7. The normalized spacial score (nSPS) is 14.9. The minimum absolute atomic E-state index is 0.184. The van der Waals surface area contributed by atoms with E-state index >= 15 is 0 Å². The Balaban J connectivity index is 2.97. The number of amides is 1. The van der Waals surface area contributed by atoms with E-state index in [9.17, 15) is 44.3 Å². The highest BCUT2D eigenvalue weighted by Gasteiger charge is 2.41. The second-order valence-electron chi connectivity index (χ2n) is 11.3. The summed E-state index contributed by atoms with van der Waals surface area (Å²) in [5.41, 5.74) is -1.97. The summed E-state index contributed by atoms with van der Waals surface area (Å²) in [6.45, 7) is 9.46. The Kier molecular flexibility index (Phi) is 12.3. The fourth-order valence-electron chi connectivity index (χ4n) is 3.34. The molecule has 1 unspecified atom stereocenters. The summed E-state index contributed by atoms with van der Waals surface area (Å²) >= 11 is 0. The Hall–Kier alpha value is -2.84. The lowest BCUT2D eigenvalue weighted by Crippen LogP contribution is -2.46. The van der Waals surface area contributed by atoms with E-state index in [1.807, 2.05) is 0 Å². The van der Waals surface area contributed by atoms with E-state index in [4.69, 9.17) is 9.47 Å². The number of alkyl halides is 6. The zero-order valence-electron chi connectivity index (χ0n) is 23.6. The third-order valence-corrected chi connectivity index (χ3v) is 6.32. The van der Waals surface area contributed by atoms with Crippen molar-refractivity contribution >= 4 is 28.3 Å². The van der Waals surface area contributed by atoms with Crippen LogP contribution in [0.25, 0.3) is 0 Å². The van der Waals surface area contributed by atoms with Gasteiger partial charge in [-0.2, -0.15) is 30.7 Å². The first kappa shape index (κ1) is 36.2. The maximum Gasteiger partial charge on any atom is 0.408 e. The minimum Gasteiger partial charge on any atom is -0.458 e. The fraction of sp³-hybridized carbons (Fsp3) is 0.654. The smallest absolute Gasteiger partial charge is 0.408 e. The number of nitrogens with one attached hydrogen (secondary N) is 1. The van der Waals surface area contributed by atoms with E-state index in [1.54, 1.807) is 41.5 Å². The number of halogens is 6. The lowest BCUT2D eigenvalue weighted by Gasteiger charge is -2.25. The Labute approximate surface area is 235 Å². The monoisotopic (exact) mass is 618 g/mol. The molecular weight excluding hydrogens is 582 g/mol. The molecule has 234 valence electrons. The average molecular weight is 619 g/mol. The van der Waals surface area contributed by atoms with Crippen LogP contribution >= 0.6 is 0 Å². The summed E-state index contributed by atoms with van der Waals surface area (Å²) in [6.07, 6.45) is -12.4. The number of aryl methyl sites for hydroxylation is 1. The second-order valence-corrected chi connectivity index (χ2v) is 13.1. The molecule has 0 saturated carbocycles. The summed E-state index contributed by atoms with van der Waals surface area (Å²) in [5.74, 6) is -4.14. The molecular formula is C26H36F6N2O6S. The molecule has 41 heavy (non-hydrogen) atoms. The molecule has 1 rings (SSSR count). The van der Waals surface area contributed by atoms with Crippen LogP contribution in [0.2, 0.25) is 0 Å². The first-order valence-corrected chi connectivity index (χ1v) is 14.2. The largest absolute Gasteiger partial charge is 0.458 e. The molecule has 0 spiro atoms. The van der Waals surface area contributed by atoms with E-state index in [1.165, 1.54) is 0 Å². The van der Waals surface area contributed by atoms with Gasteiger partial charge in [0.2, 0.25) is 0 Å². The maximum absolute atomic E-state index is 13.7. The van der Waals surface area contributed by atoms with Crippen molar-refractivity contribution in [3.05, 3.63) is 35.4 Å². The lowest BCUT2D eigenvalue weighted by molar-refractivity contribution is -0.157. The predicted molar refractivity (Wildman–Crippen MR) is 140 cm³/mol. The Bertz CT molecular complexity index is 1150. The minimum atomic E-state index is -4.84. The summed E-state index contributed by atoms with van der Waals surface area (Å²) in [4.78, 5) is 24.7. The zero-order valence-corrected chi connectivity index (χ0v) is 24.5. The van der Waals surface area contributed by atoms with Crippen molar-refractivity contribution in [2.24, 2.45) is 4.40 Å². The van der Waals surface area contributed by atoms with Crippen LogP contribution in [0, 0.1) is 0 Å². The number of carbonyl (C=O) groups is 2. The topological polar surface area (TPSA) is 111 Å². The zero-order chi connectivity index (χ0) is 31.9. The van der Waals surface area contributed by atoms with Gasteiger partial charge < -0.3 is 14.8 Å². The second kappa shape index (κ2) is 13.9. The van der Waals surface area contributed by atoms with Crippen molar-refractivity contribution in [1.29, 1.82) is 0 Å². The molecule has 2 atom stereocenters. The fourth-order valence-corrected chi connectivity index (χ4v) is 4.29. The SMILES string of the molecule is CC(C)(C)OC(=O)N[C@@H](CC=NS(=O)(=O)CCC(c1ccc(CCC(F)(F)F)cc1)C(F)(F)F)C(=O)OC(C)(C)C. The molecule has 1 aromatic rings. The average Bonchev–Trinajstić information content (AvgIpc) is 2.74. The molecule has 8 nitrogen and oxygen atoms in total. The van der Waals surface area contributed by atoms with Gasteiger partial charge in [-0.25, -0.2) is 18.0 Å². The third-order valence-electron chi connectivity index (χ3n) is 5.10. The van der Waals surface area contributed by atoms with Crippen molar-refractivity contribution in [3.8, 4) is 0 Å². The van der Waals surface area contributed by atoms with Crippen LogP contribution in [0.1, 0.15) is 77.8 Å². The number of nitrogens with zero attached hydrogens (tertiary/aromatic N) is 1. The quantitative estimate of drug-likeness (QED) is 0.179. The molecule has 0 saturated heterocycles. The van der Waals surface area contributed by atoms with Gasteiger partial charge in [-0.15, -0.1) is 0 Å². The van der Waals surface area contributed by atoms with Crippen LogP contribution < -0.4 is 5.32 Å². The first-order chi connectivity index (χ1) is 18.4. The van der Waals surface area contributed by atoms with Gasteiger partial charge in [-0.1, -0.05) is 24.3 Å². The number of ether oxygens (including phenoxy) is 2. The number of esters is 1. The molecule has 0 radical (unpaired) electrons. The number of sulfonamides is 1. The Morgan fingerprint density at radius 3 is 1.93 bits per heavy atom. The molecule has 0 heterocycles. The first-order valence-electron chi connectivity index (χ1n) is 12.6. The van der Waals surface area contributed by atoms with Crippen molar-refractivity contribution in [2.45, 2.75) is 103 Å². The van der Waals surface area contributed by atoms with Crippen LogP contribution in [-0.2, 0) is 30.7 Å². The highest BCUT2D eigenvalue weighted by Crippen LogP contribution is 2.38. The summed E-state index contributed by atoms with van der Waals surface area (Å²) in [7, 11) is -4.44. The highest BCUT2D eigenvalue weighted by molar-refractivity contribution is 7.90. The Morgan fingerprint density at radius 2 is 1.46 bits per heavy atom. The standard InChI is InChI=1S/C26H36F6N2O6S/c1-23(2,3)39-21(35)20(34-22(36)40-24(4,5)6)12-15-33-41(37,38)16-13-19(26(30,31)32)18-9-7-17(8-10-18)11-14-25(27,28)29/h7-10,15,19-20H,11-14,16H2,1-6H3,(H,34,36)/t19?,20-/m0/s1. The number of carbonyl (C=O) groups excluding carboxylic acids is 2. The number of benzene rings is 1. The Morgan fingerprint density at radius 1 is 0.927 bits per heavy atom. The molecule has 0 aromatic heterocycles. The van der Waals surface area contributed by atoms with Crippen molar-refractivity contribution < 1.29 is 53.8 Å². The lowest BCUT2D eigenvalue weighted by atomic mass is 9.94. The summed E-state index contributed by atoms with van der Waals surface area (Å²) in [5, 5.41) is 2.26. The molecule has 15 heteroatoms.